The van der Waals surface area contributed by atoms with Gasteiger partial charge < -0.3 is 18.9 Å². The van der Waals surface area contributed by atoms with Gasteiger partial charge in [0.2, 0.25) is 0 Å². The summed E-state index contributed by atoms with van der Waals surface area (Å²) in [4.78, 5) is 12.3. The summed E-state index contributed by atoms with van der Waals surface area (Å²) in [5.41, 5.74) is 0.525. The van der Waals surface area contributed by atoms with Gasteiger partial charge in [0.25, 0.3) is 0 Å². The zero-order valence-electron chi connectivity index (χ0n) is 15.1. The second kappa shape index (κ2) is 7.32. The highest BCUT2D eigenvalue weighted by molar-refractivity contribution is 5.90. The fourth-order valence-corrected chi connectivity index (χ4v) is 3.29. The number of ether oxygens (including phenoxy) is 4. The Labute approximate surface area is 139 Å². The molecule has 1 unspecified atom stereocenters. The minimum absolute atomic E-state index is 0.112. The van der Waals surface area contributed by atoms with Crippen molar-refractivity contribution < 1.29 is 23.7 Å². The lowest BCUT2D eigenvalue weighted by Gasteiger charge is -2.36. The summed E-state index contributed by atoms with van der Waals surface area (Å²) in [6.45, 7) is 12.2. The van der Waals surface area contributed by atoms with Gasteiger partial charge in [-0.15, -0.1) is 0 Å². The highest BCUT2D eigenvalue weighted by atomic mass is 16.8. The van der Waals surface area contributed by atoms with Crippen molar-refractivity contribution in [2.24, 2.45) is 5.92 Å². The predicted octanol–water partition coefficient (Wildman–Crippen LogP) is 3.22. The molecule has 0 aromatic carbocycles. The Morgan fingerprint density at radius 1 is 1.26 bits per heavy atom. The summed E-state index contributed by atoms with van der Waals surface area (Å²) in [7, 11) is 0. The summed E-state index contributed by atoms with van der Waals surface area (Å²) >= 11 is 0. The van der Waals surface area contributed by atoms with Crippen molar-refractivity contribution in [3.05, 3.63) is 11.6 Å². The van der Waals surface area contributed by atoms with Crippen molar-refractivity contribution in [1.29, 1.82) is 0 Å². The molecule has 4 atom stereocenters. The minimum atomic E-state index is -0.709. The average molecular weight is 326 g/mol. The molecule has 0 amide bonds. The van der Waals surface area contributed by atoms with E-state index in [1.807, 2.05) is 19.9 Å². The summed E-state index contributed by atoms with van der Waals surface area (Å²) < 4.78 is 23.4. The molecule has 0 saturated carbocycles. The Hall–Kier alpha value is -0.910. The van der Waals surface area contributed by atoms with Crippen molar-refractivity contribution in [2.45, 2.75) is 84.6 Å². The number of hydrogen-bond acceptors (Lipinski definition) is 5. The number of hydrogen-bond donors (Lipinski definition) is 0. The van der Waals surface area contributed by atoms with Crippen LogP contribution in [-0.4, -0.2) is 42.8 Å². The number of fused-ring (bicyclic) bond motifs is 1. The first-order valence-corrected chi connectivity index (χ1v) is 8.72. The Kier molecular flexibility index (Phi) is 5.87. The molecule has 2 rings (SSSR count). The van der Waals surface area contributed by atoms with Gasteiger partial charge in [0.05, 0.1) is 30.5 Å². The molecular weight excluding hydrogens is 296 g/mol. The third-order valence-corrected chi connectivity index (χ3v) is 4.59. The average Bonchev–Trinajstić information content (AvgIpc) is 2.82. The Balaban J connectivity index is 2.28. The van der Waals surface area contributed by atoms with E-state index in [1.54, 1.807) is 6.92 Å². The molecule has 1 saturated heterocycles. The van der Waals surface area contributed by atoms with Crippen LogP contribution in [-0.2, 0) is 23.7 Å². The van der Waals surface area contributed by atoms with Crippen molar-refractivity contribution in [3.8, 4) is 0 Å². The summed E-state index contributed by atoms with van der Waals surface area (Å²) in [6.07, 6.45) is 3.19. The van der Waals surface area contributed by atoms with Gasteiger partial charge in [-0.2, -0.15) is 0 Å². The van der Waals surface area contributed by atoms with Gasteiger partial charge in [-0.3, -0.25) is 0 Å². The zero-order valence-corrected chi connectivity index (χ0v) is 15.1. The quantitative estimate of drug-likeness (QED) is 0.702. The van der Waals surface area contributed by atoms with E-state index in [0.29, 0.717) is 12.2 Å². The Morgan fingerprint density at radius 3 is 2.48 bits per heavy atom. The van der Waals surface area contributed by atoms with Crippen LogP contribution in [0.4, 0.5) is 0 Å². The summed E-state index contributed by atoms with van der Waals surface area (Å²) in [6, 6.07) is 0. The first kappa shape index (κ1) is 18.4. The molecule has 0 aromatic rings. The van der Waals surface area contributed by atoms with Crippen molar-refractivity contribution in [1.82, 2.24) is 0 Å². The maximum absolute atomic E-state index is 12.3. The van der Waals surface area contributed by atoms with Crippen molar-refractivity contribution in [2.75, 3.05) is 6.61 Å². The van der Waals surface area contributed by atoms with Crippen LogP contribution < -0.4 is 0 Å². The SMILES string of the molecule is CCOC(=O)C1=C[C@@H](OC(CC)CC)C(C)[C@@H]2OC(C)(C)O[C@H]12. The fourth-order valence-electron chi connectivity index (χ4n) is 3.29. The Bertz CT molecular complexity index is 452. The third kappa shape index (κ3) is 3.95. The van der Waals surface area contributed by atoms with Crippen LogP contribution >= 0.6 is 0 Å². The van der Waals surface area contributed by atoms with Gasteiger partial charge in [-0.1, -0.05) is 20.8 Å². The topological polar surface area (TPSA) is 54.0 Å². The number of carbonyl (C=O) groups excluding carboxylic acids is 1. The monoisotopic (exact) mass is 326 g/mol. The molecular formula is C18H30O5. The van der Waals surface area contributed by atoms with Crippen LogP contribution in [0.1, 0.15) is 54.4 Å². The van der Waals surface area contributed by atoms with Crippen LogP contribution in [0, 0.1) is 5.92 Å². The van der Waals surface area contributed by atoms with Crippen molar-refractivity contribution in [3.63, 3.8) is 0 Å². The molecule has 0 bridgehead atoms. The Morgan fingerprint density at radius 2 is 1.91 bits per heavy atom. The molecule has 23 heavy (non-hydrogen) atoms. The molecule has 0 aromatic heterocycles. The van der Waals surface area contributed by atoms with E-state index in [2.05, 4.69) is 20.8 Å². The first-order valence-electron chi connectivity index (χ1n) is 8.72. The van der Waals surface area contributed by atoms with E-state index in [0.717, 1.165) is 12.8 Å². The molecule has 1 aliphatic carbocycles. The van der Waals surface area contributed by atoms with E-state index in [1.165, 1.54) is 0 Å². The molecule has 0 radical (unpaired) electrons. The smallest absolute Gasteiger partial charge is 0.336 e. The molecule has 1 fully saturated rings. The van der Waals surface area contributed by atoms with Crippen LogP contribution in [0.15, 0.2) is 11.6 Å². The summed E-state index contributed by atoms with van der Waals surface area (Å²) in [5, 5.41) is 0. The third-order valence-electron chi connectivity index (χ3n) is 4.59. The molecule has 132 valence electrons. The van der Waals surface area contributed by atoms with Crippen LogP contribution in [0.5, 0.6) is 0 Å². The van der Waals surface area contributed by atoms with Gasteiger partial charge in [0.15, 0.2) is 5.79 Å². The van der Waals surface area contributed by atoms with E-state index >= 15 is 0 Å². The highest BCUT2D eigenvalue weighted by Gasteiger charge is 2.51. The lowest BCUT2D eigenvalue weighted by atomic mass is 9.83. The van der Waals surface area contributed by atoms with Crippen LogP contribution in [0.25, 0.3) is 0 Å². The van der Waals surface area contributed by atoms with E-state index in [-0.39, 0.29) is 36.3 Å². The maximum Gasteiger partial charge on any atom is 0.336 e. The first-order chi connectivity index (χ1) is 10.8. The molecule has 2 aliphatic rings. The predicted molar refractivity (Wildman–Crippen MR) is 86.9 cm³/mol. The molecule has 1 heterocycles. The van der Waals surface area contributed by atoms with Crippen molar-refractivity contribution >= 4 is 5.97 Å². The molecule has 1 aliphatic heterocycles. The van der Waals surface area contributed by atoms with Crippen LogP contribution in [0.2, 0.25) is 0 Å². The van der Waals surface area contributed by atoms with E-state index in [4.69, 9.17) is 18.9 Å². The molecule has 5 heteroatoms. The largest absolute Gasteiger partial charge is 0.463 e. The standard InChI is InChI=1S/C18H30O5/c1-7-12(8-2)21-14-10-13(17(19)20-9-3)16-15(11(14)4)22-18(5,6)23-16/h10-12,14-16H,7-9H2,1-6H3/t11?,14-,15+,16-/m1/s1. The normalized spacial score (nSPS) is 32.6. The summed E-state index contributed by atoms with van der Waals surface area (Å²) in [5.74, 6) is -0.937. The van der Waals surface area contributed by atoms with E-state index < -0.39 is 5.79 Å². The van der Waals surface area contributed by atoms with Crippen LogP contribution in [0.3, 0.4) is 0 Å². The van der Waals surface area contributed by atoms with Gasteiger partial charge in [0, 0.05) is 5.92 Å². The maximum atomic E-state index is 12.3. The second-order valence-corrected chi connectivity index (χ2v) is 6.76. The number of rotatable bonds is 6. The van der Waals surface area contributed by atoms with Gasteiger partial charge in [0.1, 0.15) is 6.10 Å². The molecule has 0 spiro atoms. The highest BCUT2D eigenvalue weighted by Crippen LogP contribution is 2.41. The molecule has 5 nitrogen and oxygen atoms in total. The lowest BCUT2D eigenvalue weighted by Crippen LogP contribution is -2.45. The number of esters is 1. The fraction of sp³-hybridized carbons (Fsp3) is 0.833. The van der Waals surface area contributed by atoms with Gasteiger partial charge >= 0.3 is 5.97 Å². The second-order valence-electron chi connectivity index (χ2n) is 6.76. The van der Waals surface area contributed by atoms with E-state index in [9.17, 15) is 4.79 Å². The zero-order chi connectivity index (χ0) is 17.2. The minimum Gasteiger partial charge on any atom is -0.463 e. The lowest BCUT2D eigenvalue weighted by molar-refractivity contribution is -0.153. The number of carbonyl (C=O) groups is 1. The van der Waals surface area contributed by atoms with Gasteiger partial charge in [-0.25, -0.2) is 4.79 Å². The van der Waals surface area contributed by atoms with Gasteiger partial charge in [-0.05, 0) is 39.7 Å². The molecule has 0 N–H and O–H groups in total.